The minimum absolute atomic E-state index is 0.373. The van der Waals surface area contributed by atoms with Crippen molar-refractivity contribution in [3.05, 3.63) is 60.2 Å². The SMILES string of the molecule is COCCCNC(=O)C(=O)N/N=C/c1c2ccccc2cc2ccccc12. The van der Waals surface area contributed by atoms with Crippen molar-refractivity contribution in [2.45, 2.75) is 6.42 Å². The molecule has 3 aromatic carbocycles. The number of nitrogens with zero attached hydrogens (tertiary/aromatic N) is 1. The highest BCUT2D eigenvalue weighted by Gasteiger charge is 2.11. The van der Waals surface area contributed by atoms with Gasteiger partial charge in [0.25, 0.3) is 0 Å². The van der Waals surface area contributed by atoms with E-state index in [0.717, 1.165) is 27.1 Å². The summed E-state index contributed by atoms with van der Waals surface area (Å²) in [6.07, 6.45) is 2.22. The minimum atomic E-state index is -0.798. The summed E-state index contributed by atoms with van der Waals surface area (Å²) in [7, 11) is 1.58. The van der Waals surface area contributed by atoms with Crippen LogP contribution in [0.5, 0.6) is 0 Å². The number of hydrogen-bond acceptors (Lipinski definition) is 4. The van der Waals surface area contributed by atoms with Crippen LogP contribution >= 0.6 is 0 Å². The van der Waals surface area contributed by atoms with E-state index in [1.807, 2.05) is 48.5 Å². The van der Waals surface area contributed by atoms with Crippen LogP contribution in [0.25, 0.3) is 21.5 Å². The Labute approximate surface area is 157 Å². The van der Waals surface area contributed by atoms with E-state index in [0.29, 0.717) is 19.6 Å². The van der Waals surface area contributed by atoms with Crippen molar-refractivity contribution in [1.82, 2.24) is 10.7 Å². The topological polar surface area (TPSA) is 79.8 Å². The van der Waals surface area contributed by atoms with Gasteiger partial charge in [-0.25, -0.2) is 5.43 Å². The molecule has 138 valence electrons. The molecule has 2 N–H and O–H groups in total. The first kappa shape index (κ1) is 18.5. The maximum atomic E-state index is 11.9. The monoisotopic (exact) mass is 363 g/mol. The molecule has 0 atom stereocenters. The highest BCUT2D eigenvalue weighted by atomic mass is 16.5. The largest absolute Gasteiger partial charge is 0.385 e. The van der Waals surface area contributed by atoms with Crippen LogP contribution in [-0.2, 0) is 14.3 Å². The number of fused-ring (bicyclic) bond motifs is 2. The molecule has 0 unspecified atom stereocenters. The van der Waals surface area contributed by atoms with E-state index in [1.54, 1.807) is 13.3 Å². The highest BCUT2D eigenvalue weighted by Crippen LogP contribution is 2.27. The van der Waals surface area contributed by atoms with Gasteiger partial charge in [0.05, 0.1) is 6.21 Å². The fraction of sp³-hybridized carbons (Fsp3) is 0.190. The van der Waals surface area contributed by atoms with Crippen LogP contribution < -0.4 is 10.7 Å². The Balaban J connectivity index is 1.77. The summed E-state index contributed by atoms with van der Waals surface area (Å²) in [5, 5.41) is 10.7. The molecule has 0 heterocycles. The van der Waals surface area contributed by atoms with Gasteiger partial charge in [0.15, 0.2) is 0 Å². The number of benzene rings is 3. The third-order valence-corrected chi connectivity index (χ3v) is 4.19. The number of amides is 2. The summed E-state index contributed by atoms with van der Waals surface area (Å²) in [5.41, 5.74) is 3.18. The van der Waals surface area contributed by atoms with E-state index in [9.17, 15) is 9.59 Å². The summed E-state index contributed by atoms with van der Waals surface area (Å²) in [5.74, 6) is -1.51. The van der Waals surface area contributed by atoms with E-state index >= 15 is 0 Å². The van der Waals surface area contributed by atoms with E-state index in [2.05, 4.69) is 21.9 Å². The van der Waals surface area contributed by atoms with Gasteiger partial charge >= 0.3 is 11.8 Å². The smallest absolute Gasteiger partial charge is 0.329 e. The summed E-state index contributed by atoms with van der Waals surface area (Å²) in [6, 6.07) is 18.1. The van der Waals surface area contributed by atoms with Gasteiger partial charge in [0.1, 0.15) is 0 Å². The Morgan fingerprint density at radius 2 is 1.63 bits per heavy atom. The molecule has 0 saturated heterocycles. The third-order valence-electron chi connectivity index (χ3n) is 4.19. The average molecular weight is 363 g/mol. The van der Waals surface area contributed by atoms with Gasteiger partial charge in [0.2, 0.25) is 0 Å². The predicted molar refractivity (Wildman–Crippen MR) is 107 cm³/mol. The second-order valence-corrected chi connectivity index (χ2v) is 6.03. The van der Waals surface area contributed by atoms with Gasteiger partial charge in [-0.3, -0.25) is 9.59 Å². The van der Waals surface area contributed by atoms with Gasteiger partial charge in [0, 0.05) is 25.8 Å². The summed E-state index contributed by atoms with van der Waals surface area (Å²) in [6.45, 7) is 0.895. The van der Waals surface area contributed by atoms with Crippen LogP contribution in [0.1, 0.15) is 12.0 Å². The molecule has 6 nitrogen and oxygen atoms in total. The molecule has 2 amide bonds. The molecule has 0 fully saturated rings. The molecule has 27 heavy (non-hydrogen) atoms. The van der Waals surface area contributed by atoms with Crippen LogP contribution in [-0.4, -0.2) is 38.3 Å². The number of rotatable bonds is 6. The molecule has 3 rings (SSSR count). The maximum Gasteiger partial charge on any atom is 0.329 e. The van der Waals surface area contributed by atoms with Crippen LogP contribution in [0.4, 0.5) is 0 Å². The first-order chi connectivity index (χ1) is 13.2. The Morgan fingerprint density at radius 3 is 2.26 bits per heavy atom. The Morgan fingerprint density at radius 1 is 1.00 bits per heavy atom. The third kappa shape index (κ3) is 4.48. The van der Waals surface area contributed by atoms with Crippen LogP contribution in [0, 0.1) is 0 Å². The summed E-state index contributed by atoms with van der Waals surface area (Å²) in [4.78, 5) is 23.6. The molecule has 0 aliphatic carbocycles. The molecule has 0 bridgehead atoms. The van der Waals surface area contributed by atoms with Crippen molar-refractivity contribution in [1.29, 1.82) is 0 Å². The van der Waals surface area contributed by atoms with Gasteiger partial charge in [-0.1, -0.05) is 48.5 Å². The number of ether oxygens (including phenoxy) is 1. The molecular formula is C21H21N3O3. The summed E-state index contributed by atoms with van der Waals surface area (Å²) >= 11 is 0. The molecule has 3 aromatic rings. The molecule has 6 heteroatoms. The van der Waals surface area contributed by atoms with E-state index in [-0.39, 0.29) is 0 Å². The van der Waals surface area contributed by atoms with Crippen molar-refractivity contribution < 1.29 is 14.3 Å². The standard InChI is InChI=1S/C21H21N3O3/c1-27-12-6-11-22-20(25)21(26)24-23-14-19-17-9-4-2-7-15(17)13-16-8-3-5-10-18(16)19/h2-5,7-10,13-14H,6,11-12H2,1H3,(H,22,25)(H,24,26)/b23-14+. The van der Waals surface area contributed by atoms with Crippen molar-refractivity contribution in [2.24, 2.45) is 5.10 Å². The lowest BCUT2D eigenvalue weighted by atomic mass is 9.97. The zero-order valence-corrected chi connectivity index (χ0v) is 15.1. The molecular weight excluding hydrogens is 342 g/mol. The minimum Gasteiger partial charge on any atom is -0.385 e. The molecule has 0 radical (unpaired) electrons. The Kier molecular flexibility index (Phi) is 6.12. The fourth-order valence-corrected chi connectivity index (χ4v) is 2.89. The zero-order chi connectivity index (χ0) is 19.1. The lowest BCUT2D eigenvalue weighted by molar-refractivity contribution is -0.139. The Hall–Kier alpha value is -3.25. The Bertz CT molecular complexity index is 944. The van der Waals surface area contributed by atoms with Crippen molar-refractivity contribution in [3.8, 4) is 0 Å². The first-order valence-corrected chi connectivity index (χ1v) is 8.71. The number of hydrazone groups is 1. The van der Waals surface area contributed by atoms with Gasteiger partial charge in [-0.2, -0.15) is 5.10 Å². The molecule has 0 aromatic heterocycles. The summed E-state index contributed by atoms with van der Waals surface area (Å²) < 4.78 is 4.89. The van der Waals surface area contributed by atoms with E-state index < -0.39 is 11.8 Å². The molecule has 0 aliphatic heterocycles. The number of nitrogens with one attached hydrogen (secondary N) is 2. The van der Waals surface area contributed by atoms with Gasteiger partial charge in [-0.05, 0) is 34.0 Å². The molecule has 0 saturated carbocycles. The predicted octanol–water partition coefficient (Wildman–Crippen LogP) is 2.60. The number of carbonyl (C=O) groups excluding carboxylic acids is 2. The molecule has 0 spiro atoms. The van der Waals surface area contributed by atoms with Crippen LogP contribution in [0.2, 0.25) is 0 Å². The maximum absolute atomic E-state index is 11.9. The second kappa shape index (κ2) is 8.91. The van der Waals surface area contributed by atoms with E-state index in [4.69, 9.17) is 4.74 Å². The van der Waals surface area contributed by atoms with Gasteiger partial charge < -0.3 is 10.1 Å². The van der Waals surface area contributed by atoms with Crippen LogP contribution in [0.15, 0.2) is 59.7 Å². The lowest BCUT2D eigenvalue weighted by Gasteiger charge is -2.08. The number of carbonyl (C=O) groups is 2. The number of hydrogen-bond donors (Lipinski definition) is 2. The second-order valence-electron chi connectivity index (χ2n) is 6.03. The number of methoxy groups -OCH3 is 1. The quantitative estimate of drug-likeness (QED) is 0.232. The van der Waals surface area contributed by atoms with Crippen molar-refractivity contribution in [2.75, 3.05) is 20.3 Å². The first-order valence-electron chi connectivity index (χ1n) is 8.71. The average Bonchev–Trinajstić information content (AvgIpc) is 2.70. The fourth-order valence-electron chi connectivity index (χ4n) is 2.89. The van der Waals surface area contributed by atoms with E-state index in [1.165, 1.54) is 0 Å². The molecule has 0 aliphatic rings. The van der Waals surface area contributed by atoms with Crippen LogP contribution in [0.3, 0.4) is 0 Å². The highest BCUT2D eigenvalue weighted by molar-refractivity contribution is 6.35. The lowest BCUT2D eigenvalue weighted by Crippen LogP contribution is -2.38. The normalized spacial score (nSPS) is 11.1. The van der Waals surface area contributed by atoms with Gasteiger partial charge in [-0.15, -0.1) is 0 Å². The van der Waals surface area contributed by atoms with Crippen molar-refractivity contribution >= 4 is 39.6 Å². The van der Waals surface area contributed by atoms with Crippen molar-refractivity contribution in [3.63, 3.8) is 0 Å². The zero-order valence-electron chi connectivity index (χ0n) is 15.1.